The molecule has 1 aliphatic rings. The fourth-order valence-electron chi connectivity index (χ4n) is 3.22. The first-order valence-electron chi connectivity index (χ1n) is 10.0. The number of carbonyl (C=O) groups excluding carboxylic acids is 1. The molecule has 3 rings (SSSR count). The van der Waals surface area contributed by atoms with Crippen LogP contribution in [0, 0.1) is 11.3 Å². The fraction of sp³-hybridized carbons (Fsp3) is 0.304. The molecule has 0 saturated carbocycles. The number of anilines is 2. The average Bonchev–Trinajstić information content (AvgIpc) is 2.76. The van der Waals surface area contributed by atoms with E-state index in [1.54, 1.807) is 24.3 Å². The van der Waals surface area contributed by atoms with E-state index in [0.29, 0.717) is 13.0 Å². The Labute approximate surface area is 177 Å². The Balaban J connectivity index is 1.49. The van der Waals surface area contributed by atoms with Crippen molar-refractivity contribution < 1.29 is 9.90 Å². The van der Waals surface area contributed by atoms with E-state index < -0.39 is 5.91 Å². The SMILES string of the molecule is CN1CCN(c2ccc(N/C=C(/C#N)C(=O)NCCc3ccc(O)cc3)cc2)CC1. The average molecular weight is 406 g/mol. The molecule has 0 unspecified atom stereocenters. The van der Waals surface area contributed by atoms with Crippen LogP contribution in [0.2, 0.25) is 0 Å². The van der Waals surface area contributed by atoms with Crippen LogP contribution in [0.4, 0.5) is 11.4 Å². The molecule has 3 N–H and O–H groups in total. The molecule has 2 aromatic rings. The van der Waals surface area contributed by atoms with Gasteiger partial charge in [-0.25, -0.2) is 0 Å². The molecule has 1 saturated heterocycles. The van der Waals surface area contributed by atoms with Crippen LogP contribution in [0.5, 0.6) is 5.75 Å². The van der Waals surface area contributed by atoms with Crippen LogP contribution in [-0.4, -0.2) is 55.7 Å². The van der Waals surface area contributed by atoms with Gasteiger partial charge in [0, 0.05) is 50.3 Å². The number of likely N-dealkylation sites (N-methyl/N-ethyl adjacent to an activating group) is 1. The number of nitrogens with zero attached hydrogens (tertiary/aromatic N) is 3. The Morgan fingerprint density at radius 1 is 1.10 bits per heavy atom. The third kappa shape index (κ3) is 6.00. The standard InChI is InChI=1S/C23H27N5O2/c1-27-12-14-28(15-13-27)21-6-4-20(5-7-21)26-17-19(16-24)23(30)25-11-10-18-2-8-22(29)9-3-18/h2-9,17,26,29H,10-15H2,1H3,(H,25,30)/b19-17-. The van der Waals surface area contributed by atoms with Crippen molar-refractivity contribution in [3.63, 3.8) is 0 Å². The topological polar surface area (TPSA) is 91.6 Å². The van der Waals surface area contributed by atoms with Gasteiger partial charge in [-0.2, -0.15) is 5.26 Å². The van der Waals surface area contributed by atoms with Crippen LogP contribution in [0.3, 0.4) is 0 Å². The van der Waals surface area contributed by atoms with Crippen molar-refractivity contribution >= 4 is 17.3 Å². The molecule has 0 bridgehead atoms. The molecule has 156 valence electrons. The molecule has 1 amide bonds. The summed E-state index contributed by atoms with van der Waals surface area (Å²) in [4.78, 5) is 16.9. The zero-order chi connectivity index (χ0) is 21.3. The summed E-state index contributed by atoms with van der Waals surface area (Å²) >= 11 is 0. The monoisotopic (exact) mass is 405 g/mol. The number of carbonyl (C=O) groups is 1. The minimum absolute atomic E-state index is 0.0175. The van der Waals surface area contributed by atoms with E-state index in [-0.39, 0.29) is 11.3 Å². The molecule has 0 spiro atoms. The number of benzene rings is 2. The number of phenols is 1. The van der Waals surface area contributed by atoms with Crippen LogP contribution in [-0.2, 0) is 11.2 Å². The number of nitrogens with one attached hydrogen (secondary N) is 2. The normalized spacial score (nSPS) is 14.8. The van der Waals surface area contributed by atoms with Crippen LogP contribution < -0.4 is 15.5 Å². The first-order chi connectivity index (χ1) is 14.5. The third-order valence-electron chi connectivity index (χ3n) is 5.12. The molecule has 30 heavy (non-hydrogen) atoms. The van der Waals surface area contributed by atoms with Gasteiger partial charge in [-0.05, 0) is 55.4 Å². The van der Waals surface area contributed by atoms with Crippen molar-refractivity contribution in [1.82, 2.24) is 10.2 Å². The minimum atomic E-state index is -0.419. The molecule has 1 fully saturated rings. The molecule has 0 atom stereocenters. The number of hydrogen-bond acceptors (Lipinski definition) is 6. The van der Waals surface area contributed by atoms with E-state index in [9.17, 15) is 15.2 Å². The lowest BCUT2D eigenvalue weighted by atomic mass is 10.1. The largest absolute Gasteiger partial charge is 0.508 e. The van der Waals surface area contributed by atoms with E-state index in [1.165, 1.54) is 11.9 Å². The number of nitriles is 1. The van der Waals surface area contributed by atoms with Crippen LogP contribution in [0.15, 0.2) is 60.3 Å². The third-order valence-corrected chi connectivity index (χ3v) is 5.12. The summed E-state index contributed by atoms with van der Waals surface area (Å²) in [5.74, 6) is -0.210. The van der Waals surface area contributed by atoms with E-state index in [1.807, 2.05) is 30.3 Å². The predicted octanol–water partition coefficient (Wildman–Crippen LogP) is 2.32. The van der Waals surface area contributed by atoms with E-state index in [2.05, 4.69) is 27.5 Å². The summed E-state index contributed by atoms with van der Waals surface area (Å²) in [5.41, 5.74) is 3.00. The summed E-state index contributed by atoms with van der Waals surface area (Å²) in [6.07, 6.45) is 2.05. The van der Waals surface area contributed by atoms with E-state index >= 15 is 0 Å². The number of amides is 1. The van der Waals surface area contributed by atoms with Gasteiger partial charge in [0.2, 0.25) is 0 Å². The Hall–Kier alpha value is -3.50. The van der Waals surface area contributed by atoms with Gasteiger partial charge in [0.25, 0.3) is 5.91 Å². The number of aromatic hydroxyl groups is 1. The molecule has 7 nitrogen and oxygen atoms in total. The molecule has 7 heteroatoms. The summed E-state index contributed by atoms with van der Waals surface area (Å²) < 4.78 is 0. The van der Waals surface area contributed by atoms with Gasteiger partial charge in [0.15, 0.2) is 0 Å². The van der Waals surface area contributed by atoms with Gasteiger partial charge in [-0.3, -0.25) is 4.79 Å². The van der Waals surface area contributed by atoms with Crippen molar-refractivity contribution in [1.29, 1.82) is 5.26 Å². The highest BCUT2D eigenvalue weighted by molar-refractivity contribution is 5.97. The Bertz CT molecular complexity index is 908. The second kappa shape index (κ2) is 10.3. The van der Waals surface area contributed by atoms with Crippen molar-refractivity contribution in [2.75, 3.05) is 50.0 Å². The highest BCUT2D eigenvalue weighted by Gasteiger charge is 2.14. The molecule has 0 aromatic heterocycles. The summed E-state index contributed by atoms with van der Waals surface area (Å²) in [6.45, 7) is 4.52. The second-order valence-electron chi connectivity index (χ2n) is 7.32. The molecule has 2 aromatic carbocycles. The van der Waals surface area contributed by atoms with Gasteiger partial charge < -0.3 is 25.5 Å². The Kier molecular flexibility index (Phi) is 7.30. The maximum Gasteiger partial charge on any atom is 0.263 e. The van der Waals surface area contributed by atoms with Crippen molar-refractivity contribution in [2.45, 2.75) is 6.42 Å². The zero-order valence-corrected chi connectivity index (χ0v) is 17.1. The quantitative estimate of drug-likeness (QED) is 0.484. The van der Waals surface area contributed by atoms with E-state index in [0.717, 1.165) is 37.4 Å². The van der Waals surface area contributed by atoms with Crippen LogP contribution in [0.25, 0.3) is 0 Å². The molecule has 0 aliphatic carbocycles. The number of phenolic OH excluding ortho intramolecular Hbond substituents is 1. The van der Waals surface area contributed by atoms with Crippen LogP contribution in [0.1, 0.15) is 5.56 Å². The fourth-order valence-corrected chi connectivity index (χ4v) is 3.22. The van der Waals surface area contributed by atoms with Gasteiger partial charge in [0.05, 0.1) is 0 Å². The molecular weight excluding hydrogens is 378 g/mol. The molecule has 1 aliphatic heterocycles. The number of piperazine rings is 1. The van der Waals surface area contributed by atoms with Gasteiger partial charge in [-0.1, -0.05) is 12.1 Å². The Morgan fingerprint density at radius 2 is 1.77 bits per heavy atom. The summed E-state index contributed by atoms with van der Waals surface area (Å²) in [6, 6.07) is 16.7. The zero-order valence-electron chi connectivity index (χ0n) is 17.1. The maximum absolute atomic E-state index is 12.2. The van der Waals surface area contributed by atoms with Crippen molar-refractivity contribution in [3.8, 4) is 11.8 Å². The summed E-state index contributed by atoms with van der Waals surface area (Å²) in [5, 5.41) is 24.4. The predicted molar refractivity (Wildman–Crippen MR) is 118 cm³/mol. The number of rotatable bonds is 7. The minimum Gasteiger partial charge on any atom is -0.508 e. The summed E-state index contributed by atoms with van der Waals surface area (Å²) in [7, 11) is 2.13. The van der Waals surface area contributed by atoms with Crippen molar-refractivity contribution in [2.24, 2.45) is 0 Å². The van der Waals surface area contributed by atoms with Crippen molar-refractivity contribution in [3.05, 3.63) is 65.9 Å². The highest BCUT2D eigenvalue weighted by Crippen LogP contribution is 2.19. The molecule has 1 heterocycles. The highest BCUT2D eigenvalue weighted by atomic mass is 16.3. The lowest BCUT2D eigenvalue weighted by molar-refractivity contribution is -0.117. The van der Waals surface area contributed by atoms with Gasteiger partial charge in [-0.15, -0.1) is 0 Å². The maximum atomic E-state index is 12.2. The lowest BCUT2D eigenvalue weighted by Gasteiger charge is -2.34. The molecular formula is C23H27N5O2. The lowest BCUT2D eigenvalue weighted by Crippen LogP contribution is -2.44. The van der Waals surface area contributed by atoms with Crippen LogP contribution >= 0.6 is 0 Å². The first kappa shape index (κ1) is 21.2. The van der Waals surface area contributed by atoms with Gasteiger partial charge >= 0.3 is 0 Å². The Morgan fingerprint density at radius 3 is 2.40 bits per heavy atom. The smallest absolute Gasteiger partial charge is 0.263 e. The number of hydrogen-bond donors (Lipinski definition) is 3. The van der Waals surface area contributed by atoms with Gasteiger partial charge in [0.1, 0.15) is 17.4 Å². The second-order valence-corrected chi connectivity index (χ2v) is 7.32. The molecule has 0 radical (unpaired) electrons. The first-order valence-corrected chi connectivity index (χ1v) is 10.0. The van der Waals surface area contributed by atoms with E-state index in [4.69, 9.17) is 0 Å².